The molecule has 136 valence electrons. The highest BCUT2D eigenvalue weighted by Crippen LogP contribution is 2.23. The monoisotopic (exact) mass is 346 g/mol. The van der Waals surface area contributed by atoms with Gasteiger partial charge in [0.2, 0.25) is 5.91 Å². The Kier molecular flexibility index (Phi) is 6.04. The van der Waals surface area contributed by atoms with Crippen LogP contribution in [0.15, 0.2) is 24.3 Å². The first-order valence-electron chi connectivity index (χ1n) is 9.08. The Morgan fingerprint density at radius 3 is 2.40 bits per heavy atom. The number of ether oxygens (including phenoxy) is 1. The average Bonchev–Trinajstić information content (AvgIpc) is 3.32. The number of rotatable bonds is 6. The molecule has 6 nitrogen and oxygen atoms in total. The van der Waals surface area contributed by atoms with E-state index >= 15 is 0 Å². The fraction of sp³-hybridized carbons (Fsp3) is 0.579. The molecule has 0 bridgehead atoms. The van der Waals surface area contributed by atoms with E-state index in [0.29, 0.717) is 25.8 Å². The van der Waals surface area contributed by atoms with E-state index in [9.17, 15) is 9.59 Å². The number of aliphatic hydroxyl groups excluding tert-OH is 1. The summed E-state index contributed by atoms with van der Waals surface area (Å²) in [7, 11) is 0. The quantitative estimate of drug-likeness (QED) is 0.806. The van der Waals surface area contributed by atoms with Crippen molar-refractivity contribution in [1.29, 1.82) is 0 Å². The van der Waals surface area contributed by atoms with Crippen molar-refractivity contribution in [2.75, 3.05) is 19.7 Å². The second-order valence-electron chi connectivity index (χ2n) is 6.73. The molecule has 0 spiro atoms. The van der Waals surface area contributed by atoms with E-state index in [1.165, 1.54) is 0 Å². The molecule has 2 fully saturated rings. The highest BCUT2D eigenvalue weighted by atomic mass is 16.5. The summed E-state index contributed by atoms with van der Waals surface area (Å²) in [4.78, 5) is 26.5. The fourth-order valence-corrected chi connectivity index (χ4v) is 3.41. The fourth-order valence-electron chi connectivity index (χ4n) is 3.41. The number of hydrogen-bond acceptors (Lipinski definition) is 4. The number of carbonyl (C=O) groups excluding carboxylic acids is 2. The number of nitrogens with one attached hydrogen (secondary N) is 1. The van der Waals surface area contributed by atoms with Gasteiger partial charge in [0.1, 0.15) is 12.2 Å². The van der Waals surface area contributed by atoms with Gasteiger partial charge in [-0.2, -0.15) is 0 Å². The molecule has 2 saturated heterocycles. The van der Waals surface area contributed by atoms with Gasteiger partial charge in [0.25, 0.3) is 5.91 Å². The second kappa shape index (κ2) is 8.45. The first-order chi connectivity index (χ1) is 12.2. The standard InChI is InChI=1S/C19H26N2O4/c22-12-9-14-3-5-15(6-4-14)13-20-18(23)16-7-8-17(25-16)19(24)21-10-1-2-11-21/h3-6,16-17,22H,1-2,7-13H2,(H,20,23)/t16-,17+/m0/s1. The van der Waals surface area contributed by atoms with Crippen LogP contribution in [0.1, 0.15) is 36.8 Å². The molecule has 6 heteroatoms. The summed E-state index contributed by atoms with van der Waals surface area (Å²) in [6, 6.07) is 7.80. The maximum atomic E-state index is 12.3. The minimum absolute atomic E-state index is 0.0345. The lowest BCUT2D eigenvalue weighted by molar-refractivity contribution is -0.145. The number of carbonyl (C=O) groups is 2. The van der Waals surface area contributed by atoms with Crippen LogP contribution in [-0.4, -0.2) is 53.7 Å². The summed E-state index contributed by atoms with van der Waals surface area (Å²) in [6.07, 6.45) is 2.94. The molecule has 2 N–H and O–H groups in total. The van der Waals surface area contributed by atoms with Gasteiger partial charge in [-0.15, -0.1) is 0 Å². The lowest BCUT2D eigenvalue weighted by atomic mass is 10.1. The zero-order valence-corrected chi connectivity index (χ0v) is 14.4. The van der Waals surface area contributed by atoms with Gasteiger partial charge in [-0.1, -0.05) is 24.3 Å². The molecule has 2 aliphatic rings. The van der Waals surface area contributed by atoms with Crippen molar-refractivity contribution in [3.8, 4) is 0 Å². The van der Waals surface area contributed by atoms with Crippen LogP contribution >= 0.6 is 0 Å². The van der Waals surface area contributed by atoms with Gasteiger partial charge in [-0.3, -0.25) is 9.59 Å². The van der Waals surface area contributed by atoms with Crippen LogP contribution < -0.4 is 5.32 Å². The Bertz CT molecular complexity index is 596. The van der Waals surface area contributed by atoms with Crippen LogP contribution in [0.25, 0.3) is 0 Å². The van der Waals surface area contributed by atoms with E-state index in [1.807, 2.05) is 29.2 Å². The van der Waals surface area contributed by atoms with Crippen molar-refractivity contribution in [2.45, 2.75) is 50.9 Å². The smallest absolute Gasteiger partial charge is 0.251 e. The van der Waals surface area contributed by atoms with Crippen LogP contribution in [0.5, 0.6) is 0 Å². The summed E-state index contributed by atoms with van der Waals surface area (Å²) >= 11 is 0. The third kappa shape index (κ3) is 4.58. The molecular weight excluding hydrogens is 320 g/mol. The molecule has 2 atom stereocenters. The average molecular weight is 346 g/mol. The predicted molar refractivity (Wildman–Crippen MR) is 92.8 cm³/mol. The molecule has 0 saturated carbocycles. The second-order valence-corrected chi connectivity index (χ2v) is 6.73. The van der Waals surface area contributed by atoms with Crippen molar-refractivity contribution in [3.63, 3.8) is 0 Å². The van der Waals surface area contributed by atoms with Crippen LogP contribution in [0.3, 0.4) is 0 Å². The van der Waals surface area contributed by atoms with Crippen molar-refractivity contribution in [3.05, 3.63) is 35.4 Å². The Hall–Kier alpha value is -1.92. The summed E-state index contributed by atoms with van der Waals surface area (Å²) in [6.45, 7) is 2.18. The Balaban J connectivity index is 1.45. The zero-order valence-electron chi connectivity index (χ0n) is 14.4. The van der Waals surface area contributed by atoms with Crippen LogP contribution in [0, 0.1) is 0 Å². The third-order valence-corrected chi connectivity index (χ3v) is 4.90. The van der Waals surface area contributed by atoms with E-state index in [4.69, 9.17) is 9.84 Å². The molecule has 0 radical (unpaired) electrons. The van der Waals surface area contributed by atoms with E-state index in [0.717, 1.165) is 37.1 Å². The SMILES string of the molecule is O=C(NCc1ccc(CCO)cc1)[C@@H]1CC[C@H](C(=O)N2CCCC2)O1. The first kappa shape index (κ1) is 17.9. The number of benzene rings is 1. The summed E-state index contributed by atoms with van der Waals surface area (Å²) < 4.78 is 5.71. The van der Waals surface area contributed by atoms with Gasteiger partial charge in [0.15, 0.2) is 0 Å². The van der Waals surface area contributed by atoms with E-state index in [-0.39, 0.29) is 18.4 Å². The maximum Gasteiger partial charge on any atom is 0.251 e. The van der Waals surface area contributed by atoms with Gasteiger partial charge >= 0.3 is 0 Å². The highest BCUT2D eigenvalue weighted by Gasteiger charge is 2.37. The molecule has 2 heterocycles. The largest absolute Gasteiger partial charge is 0.396 e. The van der Waals surface area contributed by atoms with E-state index in [2.05, 4.69) is 5.32 Å². The molecular formula is C19H26N2O4. The molecule has 0 aliphatic carbocycles. The minimum Gasteiger partial charge on any atom is -0.396 e. The molecule has 2 aliphatic heterocycles. The summed E-state index contributed by atoms with van der Waals surface area (Å²) in [5, 5.41) is 11.8. The molecule has 1 aromatic rings. The van der Waals surface area contributed by atoms with Gasteiger partial charge < -0.3 is 20.1 Å². The number of aliphatic hydroxyl groups is 1. The third-order valence-electron chi connectivity index (χ3n) is 4.90. The lowest BCUT2D eigenvalue weighted by Gasteiger charge is -2.20. The van der Waals surface area contributed by atoms with Gasteiger partial charge in [0.05, 0.1) is 0 Å². The summed E-state index contributed by atoms with van der Waals surface area (Å²) in [5.41, 5.74) is 2.07. The Morgan fingerprint density at radius 1 is 1.08 bits per heavy atom. The van der Waals surface area contributed by atoms with E-state index < -0.39 is 12.2 Å². The normalized spacial score (nSPS) is 23.0. The van der Waals surface area contributed by atoms with Crippen LogP contribution in [0.4, 0.5) is 0 Å². The number of nitrogens with zero attached hydrogens (tertiary/aromatic N) is 1. The Morgan fingerprint density at radius 2 is 1.72 bits per heavy atom. The molecule has 3 rings (SSSR count). The van der Waals surface area contributed by atoms with Crippen molar-refractivity contribution in [2.24, 2.45) is 0 Å². The lowest BCUT2D eigenvalue weighted by Crippen LogP contribution is -2.39. The first-order valence-corrected chi connectivity index (χ1v) is 9.08. The minimum atomic E-state index is -0.537. The molecule has 1 aromatic carbocycles. The van der Waals surface area contributed by atoms with Crippen molar-refractivity contribution < 1.29 is 19.4 Å². The van der Waals surface area contributed by atoms with Gasteiger partial charge in [-0.25, -0.2) is 0 Å². The molecule has 0 unspecified atom stereocenters. The maximum absolute atomic E-state index is 12.3. The molecule has 25 heavy (non-hydrogen) atoms. The number of hydrogen-bond donors (Lipinski definition) is 2. The summed E-state index contributed by atoms with van der Waals surface area (Å²) in [5.74, 6) is -0.122. The van der Waals surface area contributed by atoms with E-state index in [1.54, 1.807) is 0 Å². The van der Waals surface area contributed by atoms with Gasteiger partial charge in [-0.05, 0) is 43.2 Å². The van der Waals surface area contributed by atoms with Crippen molar-refractivity contribution >= 4 is 11.8 Å². The van der Waals surface area contributed by atoms with Gasteiger partial charge in [0, 0.05) is 26.2 Å². The van der Waals surface area contributed by atoms with Crippen LogP contribution in [-0.2, 0) is 27.3 Å². The molecule has 2 amide bonds. The van der Waals surface area contributed by atoms with Crippen LogP contribution in [0.2, 0.25) is 0 Å². The molecule has 0 aromatic heterocycles. The highest BCUT2D eigenvalue weighted by molar-refractivity contribution is 5.85. The Labute approximate surface area is 148 Å². The number of amides is 2. The topological polar surface area (TPSA) is 78.9 Å². The zero-order chi connectivity index (χ0) is 17.6. The number of likely N-dealkylation sites (tertiary alicyclic amines) is 1. The van der Waals surface area contributed by atoms with Crippen molar-refractivity contribution in [1.82, 2.24) is 10.2 Å². The predicted octanol–water partition coefficient (Wildman–Crippen LogP) is 1.01.